The van der Waals surface area contributed by atoms with E-state index in [1.165, 1.54) is 11.1 Å². The summed E-state index contributed by atoms with van der Waals surface area (Å²) >= 11 is 0. The highest BCUT2D eigenvalue weighted by Crippen LogP contribution is 2.41. The zero-order chi connectivity index (χ0) is 20.4. The summed E-state index contributed by atoms with van der Waals surface area (Å²) in [5.74, 6) is 0.989. The number of rotatable bonds is 4. The molecule has 0 aromatic heterocycles. The molecule has 2 heterocycles. The number of hydrogen-bond acceptors (Lipinski definition) is 2. The summed E-state index contributed by atoms with van der Waals surface area (Å²) in [5, 5.41) is 0. The number of Topliss-reactive ketones (excluding diaryl/α,β-unsaturated/α-hetero) is 1. The number of quaternary nitrogens is 1. The van der Waals surface area contributed by atoms with E-state index in [1.807, 2.05) is 24.3 Å². The molecule has 0 saturated carbocycles. The standard InChI is InChI=1S/C27H28NO2/c29-25-19-27(30-26-14-8-7-13-24(25)26)15-17-28(18-16-27,20-22-9-3-1-4-10-22)21-23-11-5-2-6-12-23/h1-14H,15-21H2/q+1. The first kappa shape index (κ1) is 19.1. The van der Waals surface area contributed by atoms with E-state index in [1.54, 1.807) is 0 Å². The van der Waals surface area contributed by atoms with Crippen molar-refractivity contribution in [3.63, 3.8) is 0 Å². The lowest BCUT2D eigenvalue weighted by atomic mass is 9.81. The quantitative estimate of drug-likeness (QED) is 0.550. The van der Waals surface area contributed by atoms with Gasteiger partial charge >= 0.3 is 0 Å². The SMILES string of the molecule is O=C1CC2(CC[N+](Cc3ccccc3)(Cc3ccccc3)CC2)Oc2ccccc21. The molecule has 1 fully saturated rings. The van der Waals surface area contributed by atoms with Gasteiger partial charge in [0, 0.05) is 24.0 Å². The van der Waals surface area contributed by atoms with Crippen LogP contribution in [-0.4, -0.2) is 29.0 Å². The molecule has 2 aliphatic rings. The first-order chi connectivity index (χ1) is 14.7. The van der Waals surface area contributed by atoms with Crippen molar-refractivity contribution in [3.05, 3.63) is 102 Å². The third-order valence-corrected chi connectivity index (χ3v) is 6.80. The van der Waals surface area contributed by atoms with E-state index in [-0.39, 0.29) is 11.4 Å². The van der Waals surface area contributed by atoms with Gasteiger partial charge in [0.05, 0.1) is 25.1 Å². The number of carbonyl (C=O) groups excluding carboxylic acids is 1. The van der Waals surface area contributed by atoms with Crippen LogP contribution < -0.4 is 4.74 Å². The predicted molar refractivity (Wildman–Crippen MR) is 118 cm³/mol. The summed E-state index contributed by atoms with van der Waals surface area (Å²) in [6, 6.07) is 29.3. The van der Waals surface area contributed by atoms with Crippen LogP contribution >= 0.6 is 0 Å². The van der Waals surface area contributed by atoms with Crippen molar-refractivity contribution in [3.8, 4) is 5.75 Å². The first-order valence-corrected chi connectivity index (χ1v) is 10.9. The summed E-state index contributed by atoms with van der Waals surface area (Å²) in [6.45, 7) is 4.05. The Hall–Kier alpha value is -2.91. The average molecular weight is 399 g/mol. The number of likely N-dealkylation sites (tertiary alicyclic amines) is 1. The minimum absolute atomic E-state index is 0.225. The Kier molecular flexibility index (Phi) is 4.92. The third kappa shape index (κ3) is 3.78. The van der Waals surface area contributed by atoms with Crippen molar-refractivity contribution in [2.75, 3.05) is 13.1 Å². The minimum Gasteiger partial charge on any atom is -0.486 e. The largest absolute Gasteiger partial charge is 0.486 e. The summed E-state index contributed by atoms with van der Waals surface area (Å²) in [7, 11) is 0. The molecule has 0 radical (unpaired) electrons. The summed E-state index contributed by atoms with van der Waals surface area (Å²) in [4.78, 5) is 12.8. The number of benzene rings is 3. The van der Waals surface area contributed by atoms with E-state index >= 15 is 0 Å². The van der Waals surface area contributed by atoms with Gasteiger partial charge in [0.15, 0.2) is 5.78 Å². The highest BCUT2D eigenvalue weighted by molar-refractivity contribution is 6.00. The van der Waals surface area contributed by atoms with Crippen LogP contribution in [0.15, 0.2) is 84.9 Å². The maximum atomic E-state index is 12.8. The van der Waals surface area contributed by atoms with Gasteiger partial charge in [0.2, 0.25) is 0 Å². The summed E-state index contributed by atoms with van der Waals surface area (Å²) in [5.41, 5.74) is 3.13. The van der Waals surface area contributed by atoms with E-state index < -0.39 is 0 Å². The van der Waals surface area contributed by atoms with E-state index in [9.17, 15) is 4.79 Å². The predicted octanol–water partition coefficient (Wildman–Crippen LogP) is 5.40. The van der Waals surface area contributed by atoms with Gasteiger partial charge in [-0.05, 0) is 12.1 Å². The Balaban J connectivity index is 1.40. The molecule has 1 saturated heterocycles. The highest BCUT2D eigenvalue weighted by Gasteiger charge is 2.48. The van der Waals surface area contributed by atoms with Crippen molar-refractivity contribution >= 4 is 5.78 Å². The second-order valence-electron chi connectivity index (χ2n) is 8.96. The average Bonchev–Trinajstić information content (AvgIpc) is 2.78. The summed E-state index contributed by atoms with van der Waals surface area (Å²) < 4.78 is 7.50. The molecule has 3 nitrogen and oxygen atoms in total. The molecule has 152 valence electrons. The fourth-order valence-electron chi connectivity index (χ4n) is 5.15. The van der Waals surface area contributed by atoms with Gasteiger partial charge in [-0.3, -0.25) is 4.79 Å². The number of nitrogens with zero attached hydrogens (tertiary/aromatic N) is 1. The fraction of sp³-hybridized carbons (Fsp3) is 0.296. The topological polar surface area (TPSA) is 26.3 Å². The molecule has 0 aliphatic carbocycles. The lowest BCUT2D eigenvalue weighted by Gasteiger charge is -2.49. The molecular formula is C27H28NO2+. The molecule has 3 heteroatoms. The van der Waals surface area contributed by atoms with Crippen LogP contribution in [0, 0.1) is 0 Å². The number of ether oxygens (including phenoxy) is 1. The van der Waals surface area contributed by atoms with Crippen molar-refractivity contribution < 1.29 is 14.0 Å². The maximum absolute atomic E-state index is 12.8. The van der Waals surface area contributed by atoms with Crippen molar-refractivity contribution in [2.45, 2.75) is 38.0 Å². The maximum Gasteiger partial charge on any atom is 0.170 e. The normalized spacial score (nSPS) is 19.1. The molecule has 1 spiro atoms. The van der Waals surface area contributed by atoms with Crippen molar-refractivity contribution in [1.82, 2.24) is 0 Å². The Labute approximate surface area is 178 Å². The van der Waals surface area contributed by atoms with E-state index in [0.717, 1.165) is 54.8 Å². The Morgan fingerprint density at radius 2 is 1.27 bits per heavy atom. The molecule has 5 rings (SSSR count). The van der Waals surface area contributed by atoms with E-state index in [4.69, 9.17) is 4.74 Å². The van der Waals surface area contributed by atoms with Gasteiger partial charge in [-0.1, -0.05) is 72.8 Å². The lowest BCUT2D eigenvalue weighted by molar-refractivity contribution is -0.959. The molecule has 3 aromatic rings. The molecule has 0 amide bonds. The van der Waals surface area contributed by atoms with Gasteiger partial charge in [-0.15, -0.1) is 0 Å². The van der Waals surface area contributed by atoms with Crippen LogP contribution in [0.25, 0.3) is 0 Å². The number of piperidine rings is 1. The fourth-order valence-corrected chi connectivity index (χ4v) is 5.15. The smallest absolute Gasteiger partial charge is 0.170 e. The van der Waals surface area contributed by atoms with Crippen LogP contribution in [0.5, 0.6) is 5.75 Å². The van der Waals surface area contributed by atoms with Crippen molar-refractivity contribution in [1.29, 1.82) is 0 Å². The highest BCUT2D eigenvalue weighted by atomic mass is 16.5. The van der Waals surface area contributed by atoms with Crippen LogP contribution in [-0.2, 0) is 13.1 Å². The molecule has 0 N–H and O–H groups in total. The molecule has 0 unspecified atom stereocenters. The lowest BCUT2D eigenvalue weighted by Crippen LogP contribution is -2.59. The Morgan fingerprint density at radius 1 is 0.733 bits per heavy atom. The number of carbonyl (C=O) groups is 1. The van der Waals surface area contributed by atoms with Crippen LogP contribution in [0.1, 0.15) is 40.7 Å². The van der Waals surface area contributed by atoms with Gasteiger partial charge in [-0.25, -0.2) is 0 Å². The third-order valence-electron chi connectivity index (χ3n) is 6.80. The molecular weight excluding hydrogens is 370 g/mol. The second-order valence-corrected chi connectivity index (χ2v) is 8.96. The van der Waals surface area contributed by atoms with E-state index in [2.05, 4.69) is 60.7 Å². The number of fused-ring (bicyclic) bond motifs is 1. The summed E-state index contributed by atoms with van der Waals surface area (Å²) in [6.07, 6.45) is 2.32. The van der Waals surface area contributed by atoms with Crippen molar-refractivity contribution in [2.24, 2.45) is 0 Å². The molecule has 30 heavy (non-hydrogen) atoms. The van der Waals surface area contributed by atoms with Gasteiger partial charge in [0.25, 0.3) is 0 Å². The number of hydrogen-bond donors (Lipinski definition) is 0. The first-order valence-electron chi connectivity index (χ1n) is 10.9. The second kappa shape index (κ2) is 7.73. The van der Waals surface area contributed by atoms with Gasteiger partial charge in [0.1, 0.15) is 24.4 Å². The van der Waals surface area contributed by atoms with Crippen LogP contribution in [0.4, 0.5) is 0 Å². The molecule has 3 aromatic carbocycles. The van der Waals surface area contributed by atoms with Crippen LogP contribution in [0.3, 0.4) is 0 Å². The van der Waals surface area contributed by atoms with Crippen LogP contribution in [0.2, 0.25) is 0 Å². The molecule has 2 aliphatic heterocycles. The van der Waals surface area contributed by atoms with Gasteiger partial charge < -0.3 is 9.22 Å². The Bertz CT molecular complexity index is 977. The zero-order valence-electron chi connectivity index (χ0n) is 17.3. The number of ketones is 1. The molecule has 0 atom stereocenters. The minimum atomic E-state index is -0.347. The van der Waals surface area contributed by atoms with Gasteiger partial charge in [-0.2, -0.15) is 0 Å². The monoisotopic (exact) mass is 398 g/mol. The molecule has 0 bridgehead atoms. The zero-order valence-corrected chi connectivity index (χ0v) is 17.3. The Morgan fingerprint density at radius 3 is 1.87 bits per heavy atom. The number of para-hydroxylation sites is 1. The van der Waals surface area contributed by atoms with E-state index in [0.29, 0.717) is 6.42 Å².